The van der Waals surface area contributed by atoms with E-state index in [1.165, 1.54) is 24.3 Å². The van der Waals surface area contributed by atoms with Gasteiger partial charge in [0.15, 0.2) is 5.69 Å². The SMILES string of the molecule is COC(=O)c1ccnc(NCCc2cccs2)n1. The van der Waals surface area contributed by atoms with Gasteiger partial charge in [0, 0.05) is 17.6 Å². The molecule has 1 N–H and O–H groups in total. The van der Waals surface area contributed by atoms with Gasteiger partial charge in [-0.25, -0.2) is 14.8 Å². The van der Waals surface area contributed by atoms with Crippen molar-refractivity contribution in [3.8, 4) is 0 Å². The van der Waals surface area contributed by atoms with Crippen LogP contribution in [0.5, 0.6) is 0 Å². The summed E-state index contributed by atoms with van der Waals surface area (Å²) in [7, 11) is 1.33. The lowest BCUT2D eigenvalue weighted by Crippen LogP contribution is -2.11. The van der Waals surface area contributed by atoms with Crippen LogP contribution in [0.15, 0.2) is 29.8 Å². The zero-order chi connectivity index (χ0) is 12.8. The van der Waals surface area contributed by atoms with E-state index in [1.54, 1.807) is 11.3 Å². The molecule has 2 rings (SSSR count). The molecule has 0 atom stereocenters. The van der Waals surface area contributed by atoms with Gasteiger partial charge in [0.25, 0.3) is 0 Å². The number of anilines is 1. The average Bonchev–Trinajstić information content (AvgIpc) is 2.91. The van der Waals surface area contributed by atoms with Crippen LogP contribution in [0.25, 0.3) is 0 Å². The molecule has 6 heteroatoms. The monoisotopic (exact) mass is 263 g/mol. The Balaban J connectivity index is 1.91. The van der Waals surface area contributed by atoms with Crippen LogP contribution in [0, 0.1) is 0 Å². The van der Waals surface area contributed by atoms with Gasteiger partial charge in [-0.3, -0.25) is 0 Å². The summed E-state index contributed by atoms with van der Waals surface area (Å²) in [5, 5.41) is 5.12. The van der Waals surface area contributed by atoms with E-state index in [-0.39, 0.29) is 5.69 Å². The smallest absolute Gasteiger partial charge is 0.356 e. The van der Waals surface area contributed by atoms with Gasteiger partial charge < -0.3 is 10.1 Å². The third kappa shape index (κ3) is 3.27. The molecule has 0 bridgehead atoms. The highest BCUT2D eigenvalue weighted by atomic mass is 32.1. The zero-order valence-electron chi connectivity index (χ0n) is 9.92. The molecular formula is C12H13N3O2S. The number of hydrogen-bond acceptors (Lipinski definition) is 6. The first-order valence-corrected chi connectivity index (χ1v) is 6.35. The van der Waals surface area contributed by atoms with Crippen molar-refractivity contribution in [2.45, 2.75) is 6.42 Å². The van der Waals surface area contributed by atoms with Crippen LogP contribution in [0.2, 0.25) is 0 Å². The molecule has 18 heavy (non-hydrogen) atoms. The second-order valence-electron chi connectivity index (χ2n) is 3.51. The lowest BCUT2D eigenvalue weighted by Gasteiger charge is -2.04. The Kier molecular flexibility index (Phi) is 4.25. The molecular weight excluding hydrogens is 250 g/mol. The molecule has 0 spiro atoms. The number of carbonyl (C=O) groups is 1. The van der Waals surface area contributed by atoms with Gasteiger partial charge in [0.2, 0.25) is 5.95 Å². The summed E-state index contributed by atoms with van der Waals surface area (Å²) in [6, 6.07) is 5.63. The minimum Gasteiger partial charge on any atom is -0.464 e. The third-order valence-corrected chi connectivity index (χ3v) is 3.22. The molecule has 0 unspecified atom stereocenters. The maximum absolute atomic E-state index is 11.3. The van der Waals surface area contributed by atoms with Crippen LogP contribution in [-0.4, -0.2) is 29.6 Å². The lowest BCUT2D eigenvalue weighted by molar-refractivity contribution is 0.0594. The molecule has 0 saturated heterocycles. The van der Waals surface area contributed by atoms with Crippen LogP contribution in [0.4, 0.5) is 5.95 Å². The zero-order valence-corrected chi connectivity index (χ0v) is 10.7. The standard InChI is InChI=1S/C12H13N3O2S/c1-17-11(16)10-5-7-14-12(15-10)13-6-4-9-3-2-8-18-9/h2-3,5,7-8H,4,6H2,1H3,(H,13,14,15). The molecule has 94 valence electrons. The Hall–Kier alpha value is -1.95. The van der Waals surface area contributed by atoms with E-state index in [0.717, 1.165) is 13.0 Å². The molecule has 5 nitrogen and oxygen atoms in total. The highest BCUT2D eigenvalue weighted by Crippen LogP contribution is 2.09. The van der Waals surface area contributed by atoms with E-state index in [1.807, 2.05) is 11.4 Å². The first kappa shape index (κ1) is 12.5. The van der Waals surface area contributed by atoms with E-state index in [0.29, 0.717) is 5.95 Å². The molecule has 0 aliphatic rings. The minimum atomic E-state index is -0.460. The number of carbonyl (C=O) groups excluding carboxylic acids is 1. The lowest BCUT2D eigenvalue weighted by atomic mass is 10.3. The van der Waals surface area contributed by atoms with Crippen molar-refractivity contribution in [3.63, 3.8) is 0 Å². The minimum absolute atomic E-state index is 0.256. The number of hydrogen-bond donors (Lipinski definition) is 1. The van der Waals surface area contributed by atoms with Crippen molar-refractivity contribution in [1.82, 2.24) is 9.97 Å². The highest BCUT2D eigenvalue weighted by molar-refractivity contribution is 7.09. The summed E-state index contributed by atoms with van der Waals surface area (Å²) in [5.41, 5.74) is 0.256. The van der Waals surface area contributed by atoms with E-state index in [9.17, 15) is 4.79 Å². The Morgan fingerprint density at radius 1 is 1.50 bits per heavy atom. The number of ether oxygens (including phenoxy) is 1. The van der Waals surface area contributed by atoms with Gasteiger partial charge in [-0.2, -0.15) is 0 Å². The van der Waals surface area contributed by atoms with Gasteiger partial charge in [0.05, 0.1) is 7.11 Å². The van der Waals surface area contributed by atoms with Crippen LogP contribution in [0.3, 0.4) is 0 Å². The number of esters is 1. The fourth-order valence-corrected chi connectivity index (χ4v) is 2.12. The molecule has 2 aromatic rings. The number of nitrogens with zero attached hydrogens (tertiary/aromatic N) is 2. The van der Waals surface area contributed by atoms with Gasteiger partial charge in [-0.15, -0.1) is 11.3 Å². The number of nitrogens with one attached hydrogen (secondary N) is 1. The van der Waals surface area contributed by atoms with Crippen molar-refractivity contribution in [2.75, 3.05) is 19.0 Å². The summed E-state index contributed by atoms with van der Waals surface area (Å²) in [4.78, 5) is 20.7. The quantitative estimate of drug-likeness (QED) is 0.836. The Morgan fingerprint density at radius 3 is 3.11 bits per heavy atom. The molecule has 0 aliphatic carbocycles. The topological polar surface area (TPSA) is 64.1 Å². The largest absolute Gasteiger partial charge is 0.464 e. The molecule has 2 aromatic heterocycles. The van der Waals surface area contributed by atoms with Crippen molar-refractivity contribution >= 4 is 23.3 Å². The first-order chi connectivity index (χ1) is 8.79. The van der Waals surface area contributed by atoms with Gasteiger partial charge in [-0.05, 0) is 23.9 Å². The summed E-state index contributed by atoms with van der Waals surface area (Å²) >= 11 is 1.71. The number of methoxy groups -OCH3 is 1. The normalized spacial score (nSPS) is 10.1. The molecule has 0 fully saturated rings. The van der Waals surface area contributed by atoms with Crippen molar-refractivity contribution in [1.29, 1.82) is 0 Å². The third-order valence-electron chi connectivity index (χ3n) is 2.28. The number of rotatable bonds is 5. The van der Waals surface area contributed by atoms with Gasteiger partial charge in [0.1, 0.15) is 0 Å². The highest BCUT2D eigenvalue weighted by Gasteiger charge is 2.07. The molecule has 0 radical (unpaired) electrons. The Morgan fingerprint density at radius 2 is 2.39 bits per heavy atom. The van der Waals surface area contributed by atoms with E-state index in [4.69, 9.17) is 0 Å². The van der Waals surface area contributed by atoms with Crippen LogP contribution in [0.1, 0.15) is 15.4 Å². The maximum Gasteiger partial charge on any atom is 0.356 e. The second kappa shape index (κ2) is 6.11. The van der Waals surface area contributed by atoms with Gasteiger partial charge in [-0.1, -0.05) is 6.07 Å². The van der Waals surface area contributed by atoms with Crippen molar-refractivity contribution in [3.05, 3.63) is 40.3 Å². The van der Waals surface area contributed by atoms with Crippen molar-refractivity contribution < 1.29 is 9.53 Å². The second-order valence-corrected chi connectivity index (χ2v) is 4.55. The van der Waals surface area contributed by atoms with Gasteiger partial charge >= 0.3 is 5.97 Å². The number of aromatic nitrogens is 2. The van der Waals surface area contributed by atoms with Crippen LogP contribution >= 0.6 is 11.3 Å². The fraction of sp³-hybridized carbons (Fsp3) is 0.250. The molecule has 0 aromatic carbocycles. The van der Waals surface area contributed by atoms with Crippen molar-refractivity contribution in [2.24, 2.45) is 0 Å². The fourth-order valence-electron chi connectivity index (χ4n) is 1.41. The molecule has 0 saturated carbocycles. The summed E-state index contributed by atoms with van der Waals surface area (Å²) < 4.78 is 4.60. The maximum atomic E-state index is 11.3. The number of thiophene rings is 1. The molecule has 2 heterocycles. The van der Waals surface area contributed by atoms with Crippen LogP contribution in [-0.2, 0) is 11.2 Å². The summed E-state index contributed by atoms with van der Waals surface area (Å²) in [6.07, 6.45) is 2.44. The Labute approximate surface area is 109 Å². The van der Waals surface area contributed by atoms with E-state index in [2.05, 4.69) is 26.1 Å². The molecule has 0 aliphatic heterocycles. The van der Waals surface area contributed by atoms with E-state index < -0.39 is 5.97 Å². The summed E-state index contributed by atoms with van der Waals surface area (Å²) in [6.45, 7) is 0.727. The Bertz CT molecular complexity index is 514. The average molecular weight is 263 g/mol. The van der Waals surface area contributed by atoms with Crippen LogP contribution < -0.4 is 5.32 Å². The first-order valence-electron chi connectivity index (χ1n) is 5.47. The molecule has 0 amide bonds. The predicted molar refractivity (Wildman–Crippen MR) is 69.9 cm³/mol. The predicted octanol–water partition coefficient (Wildman–Crippen LogP) is 1.98. The summed E-state index contributed by atoms with van der Waals surface area (Å²) in [5.74, 6) is -0.0202. The van der Waals surface area contributed by atoms with E-state index >= 15 is 0 Å².